The van der Waals surface area contributed by atoms with Crippen LogP contribution in [0.4, 0.5) is 4.39 Å². The lowest BCUT2D eigenvalue weighted by atomic mass is 10.1. The summed E-state index contributed by atoms with van der Waals surface area (Å²) in [5.41, 5.74) is 7.80. The second-order valence-electron chi connectivity index (χ2n) is 4.96. The fourth-order valence-electron chi connectivity index (χ4n) is 2.54. The van der Waals surface area contributed by atoms with E-state index in [0.717, 1.165) is 16.7 Å². The molecule has 0 saturated heterocycles. The lowest BCUT2D eigenvalue weighted by molar-refractivity contribution is 0.415. The van der Waals surface area contributed by atoms with Crippen LogP contribution in [0.2, 0.25) is 0 Å². The Morgan fingerprint density at radius 2 is 1.95 bits per heavy atom. The maximum Gasteiger partial charge on any atom is 0.132 e. The molecule has 0 radical (unpaired) electrons. The standard InChI is InChI=1S/C17H17FN2O/c1-21-15-5-6-16-12(9-15)7-8-20(16)11-14-4-2-3-13(10-19)17(14)18/h2-9H,10-11,19H2,1H3. The first-order valence-corrected chi connectivity index (χ1v) is 6.82. The van der Waals surface area contributed by atoms with Gasteiger partial charge in [0.25, 0.3) is 0 Å². The largest absolute Gasteiger partial charge is 0.497 e. The molecule has 21 heavy (non-hydrogen) atoms. The predicted octanol–water partition coefficient (Wildman–Crippen LogP) is 3.30. The summed E-state index contributed by atoms with van der Waals surface area (Å²) in [5, 5.41) is 1.07. The van der Waals surface area contributed by atoms with Gasteiger partial charge in [-0.25, -0.2) is 4.39 Å². The van der Waals surface area contributed by atoms with Crippen molar-refractivity contribution < 1.29 is 9.13 Å². The Kier molecular flexibility index (Phi) is 3.62. The molecule has 1 heterocycles. The zero-order valence-corrected chi connectivity index (χ0v) is 11.8. The molecule has 0 spiro atoms. The first-order chi connectivity index (χ1) is 10.2. The molecule has 0 aliphatic carbocycles. The SMILES string of the molecule is COc1ccc2c(ccn2Cc2cccc(CN)c2F)c1. The number of halogens is 1. The summed E-state index contributed by atoms with van der Waals surface area (Å²) in [5.74, 6) is 0.604. The smallest absolute Gasteiger partial charge is 0.132 e. The highest BCUT2D eigenvalue weighted by molar-refractivity contribution is 5.81. The van der Waals surface area contributed by atoms with Crippen LogP contribution < -0.4 is 10.5 Å². The van der Waals surface area contributed by atoms with E-state index in [4.69, 9.17) is 10.5 Å². The number of rotatable bonds is 4. The van der Waals surface area contributed by atoms with Crippen LogP contribution in [0.1, 0.15) is 11.1 Å². The van der Waals surface area contributed by atoms with Crippen LogP contribution in [-0.2, 0) is 13.1 Å². The van der Waals surface area contributed by atoms with Gasteiger partial charge in [0.05, 0.1) is 13.7 Å². The highest BCUT2D eigenvalue weighted by Crippen LogP contribution is 2.23. The molecule has 0 bridgehead atoms. The molecule has 0 saturated carbocycles. The summed E-state index contributed by atoms with van der Waals surface area (Å²) in [6.07, 6.45) is 1.96. The van der Waals surface area contributed by atoms with Crippen molar-refractivity contribution >= 4 is 10.9 Å². The van der Waals surface area contributed by atoms with Gasteiger partial charge in [-0.05, 0) is 24.3 Å². The van der Waals surface area contributed by atoms with Gasteiger partial charge in [-0.1, -0.05) is 18.2 Å². The van der Waals surface area contributed by atoms with Gasteiger partial charge >= 0.3 is 0 Å². The molecule has 108 valence electrons. The van der Waals surface area contributed by atoms with Gasteiger partial charge in [0.15, 0.2) is 0 Å². The molecule has 3 rings (SSSR count). The van der Waals surface area contributed by atoms with E-state index in [1.54, 1.807) is 19.2 Å². The van der Waals surface area contributed by atoms with Gasteiger partial charge in [-0.15, -0.1) is 0 Å². The molecule has 2 N–H and O–H groups in total. The fraction of sp³-hybridized carbons (Fsp3) is 0.176. The van der Waals surface area contributed by atoms with E-state index < -0.39 is 0 Å². The van der Waals surface area contributed by atoms with E-state index in [1.807, 2.05) is 41.1 Å². The highest BCUT2D eigenvalue weighted by Gasteiger charge is 2.09. The molecule has 0 fully saturated rings. The van der Waals surface area contributed by atoms with Gasteiger partial charge in [0.2, 0.25) is 0 Å². The normalized spacial score (nSPS) is 11.0. The first kappa shape index (κ1) is 13.6. The lowest BCUT2D eigenvalue weighted by Crippen LogP contribution is -2.06. The highest BCUT2D eigenvalue weighted by atomic mass is 19.1. The quantitative estimate of drug-likeness (QED) is 0.798. The van der Waals surface area contributed by atoms with Gasteiger partial charge in [-0.2, -0.15) is 0 Å². The molecule has 3 nitrogen and oxygen atoms in total. The molecule has 0 aliphatic heterocycles. The van der Waals surface area contributed by atoms with Crippen LogP contribution in [0.15, 0.2) is 48.7 Å². The molecular formula is C17H17FN2O. The van der Waals surface area contributed by atoms with Gasteiger partial charge in [0.1, 0.15) is 11.6 Å². The summed E-state index contributed by atoms with van der Waals surface area (Å²) in [6.45, 7) is 0.693. The minimum Gasteiger partial charge on any atom is -0.497 e. The Morgan fingerprint density at radius 3 is 2.71 bits per heavy atom. The second kappa shape index (κ2) is 5.58. The number of benzene rings is 2. The summed E-state index contributed by atoms with van der Waals surface area (Å²) >= 11 is 0. The van der Waals surface area contributed by atoms with Crippen molar-refractivity contribution in [3.05, 3.63) is 65.6 Å². The maximum absolute atomic E-state index is 14.3. The van der Waals surface area contributed by atoms with Crippen molar-refractivity contribution in [2.24, 2.45) is 5.73 Å². The number of nitrogens with zero attached hydrogens (tertiary/aromatic N) is 1. The Morgan fingerprint density at radius 1 is 1.14 bits per heavy atom. The third-order valence-electron chi connectivity index (χ3n) is 3.70. The number of nitrogens with two attached hydrogens (primary N) is 1. The van der Waals surface area contributed by atoms with E-state index >= 15 is 0 Å². The third kappa shape index (κ3) is 2.50. The first-order valence-electron chi connectivity index (χ1n) is 6.82. The van der Waals surface area contributed by atoms with Crippen LogP contribution >= 0.6 is 0 Å². The number of hydrogen-bond donors (Lipinski definition) is 1. The van der Waals surface area contributed by atoms with Gasteiger partial charge in [-0.3, -0.25) is 0 Å². The molecule has 0 atom stereocenters. The monoisotopic (exact) mass is 284 g/mol. The van der Waals surface area contributed by atoms with Crippen LogP contribution in [0, 0.1) is 5.82 Å². The molecule has 3 aromatic rings. The molecule has 2 aromatic carbocycles. The molecule has 0 unspecified atom stereocenters. The average Bonchev–Trinajstić information content (AvgIpc) is 2.91. The lowest BCUT2D eigenvalue weighted by Gasteiger charge is -2.09. The van der Waals surface area contributed by atoms with Crippen molar-refractivity contribution in [3.8, 4) is 5.75 Å². The predicted molar refractivity (Wildman–Crippen MR) is 81.9 cm³/mol. The fourth-order valence-corrected chi connectivity index (χ4v) is 2.54. The van der Waals surface area contributed by atoms with E-state index in [0.29, 0.717) is 17.7 Å². The minimum absolute atomic E-state index is 0.212. The van der Waals surface area contributed by atoms with Crippen LogP contribution in [0.5, 0.6) is 5.75 Å². The Labute approximate surface area is 122 Å². The number of ether oxygens (including phenoxy) is 1. The third-order valence-corrected chi connectivity index (χ3v) is 3.70. The zero-order valence-electron chi connectivity index (χ0n) is 11.8. The summed E-state index contributed by atoms with van der Waals surface area (Å²) in [7, 11) is 1.64. The number of hydrogen-bond acceptors (Lipinski definition) is 2. The Balaban J connectivity index is 1.99. The topological polar surface area (TPSA) is 40.2 Å². The Bertz CT molecular complexity index is 780. The molecule has 4 heteroatoms. The van der Waals surface area contributed by atoms with Crippen molar-refractivity contribution in [3.63, 3.8) is 0 Å². The van der Waals surface area contributed by atoms with Crippen LogP contribution in [-0.4, -0.2) is 11.7 Å². The van der Waals surface area contributed by atoms with Crippen molar-refractivity contribution in [1.29, 1.82) is 0 Å². The van der Waals surface area contributed by atoms with E-state index in [2.05, 4.69) is 0 Å². The van der Waals surface area contributed by atoms with E-state index in [9.17, 15) is 4.39 Å². The Hall–Kier alpha value is -2.33. The number of fused-ring (bicyclic) bond motifs is 1. The van der Waals surface area contributed by atoms with Crippen LogP contribution in [0.25, 0.3) is 10.9 Å². The average molecular weight is 284 g/mol. The molecular weight excluding hydrogens is 267 g/mol. The molecule has 1 aromatic heterocycles. The minimum atomic E-state index is -0.213. The van der Waals surface area contributed by atoms with Crippen molar-refractivity contribution in [2.75, 3.05) is 7.11 Å². The second-order valence-corrected chi connectivity index (χ2v) is 4.96. The number of methoxy groups -OCH3 is 1. The summed E-state index contributed by atoms with van der Waals surface area (Å²) in [6, 6.07) is 13.2. The molecule has 0 amide bonds. The van der Waals surface area contributed by atoms with Crippen LogP contribution in [0.3, 0.4) is 0 Å². The molecule has 0 aliphatic rings. The van der Waals surface area contributed by atoms with E-state index in [-0.39, 0.29) is 12.4 Å². The summed E-state index contributed by atoms with van der Waals surface area (Å²) in [4.78, 5) is 0. The summed E-state index contributed by atoms with van der Waals surface area (Å²) < 4.78 is 21.5. The van der Waals surface area contributed by atoms with Gasteiger partial charge < -0.3 is 15.0 Å². The van der Waals surface area contributed by atoms with E-state index in [1.165, 1.54) is 0 Å². The number of aromatic nitrogens is 1. The van der Waals surface area contributed by atoms with Gasteiger partial charge in [0, 0.05) is 34.8 Å². The maximum atomic E-state index is 14.3. The van der Waals surface area contributed by atoms with Crippen molar-refractivity contribution in [1.82, 2.24) is 4.57 Å². The van der Waals surface area contributed by atoms with Crippen molar-refractivity contribution in [2.45, 2.75) is 13.1 Å². The zero-order chi connectivity index (χ0) is 14.8.